The summed E-state index contributed by atoms with van der Waals surface area (Å²) in [4.78, 5) is 0. The molecule has 0 aliphatic heterocycles. The minimum absolute atomic E-state index is 0.415. The lowest BCUT2D eigenvalue weighted by molar-refractivity contribution is 0.101. The van der Waals surface area contributed by atoms with Crippen molar-refractivity contribution < 1.29 is 13.5 Å². The van der Waals surface area contributed by atoms with Crippen molar-refractivity contribution in [2.75, 3.05) is 5.75 Å². The second-order valence-corrected chi connectivity index (χ2v) is 5.25. The molecule has 80 valence electrons. The van der Waals surface area contributed by atoms with E-state index in [4.69, 9.17) is 5.26 Å². The molecule has 0 amide bonds. The monoisotopic (exact) mass is 218 g/mol. The Bertz CT molecular complexity index is 320. The van der Waals surface area contributed by atoms with E-state index in [1.807, 2.05) is 0 Å². The van der Waals surface area contributed by atoms with Crippen LogP contribution in [0.2, 0.25) is 0 Å². The topological polar surface area (TPSA) is 90.2 Å². The van der Waals surface area contributed by atoms with Crippen LogP contribution in [0.5, 0.6) is 0 Å². The summed E-state index contributed by atoms with van der Waals surface area (Å²) in [6.45, 7) is 0. The van der Waals surface area contributed by atoms with Gasteiger partial charge in [0.2, 0.25) is 10.0 Å². The second-order valence-electron chi connectivity index (χ2n) is 3.49. The van der Waals surface area contributed by atoms with Crippen molar-refractivity contribution in [1.29, 1.82) is 5.26 Å². The Morgan fingerprint density at radius 1 is 1.43 bits per heavy atom. The van der Waals surface area contributed by atoms with Crippen LogP contribution in [0, 0.1) is 11.3 Å². The predicted octanol–water partition coefficient (Wildman–Crippen LogP) is -0.267. The van der Waals surface area contributed by atoms with Gasteiger partial charge in [0.05, 0.1) is 12.2 Å². The van der Waals surface area contributed by atoms with Crippen LogP contribution < -0.4 is 4.72 Å². The average molecular weight is 218 g/mol. The van der Waals surface area contributed by atoms with Gasteiger partial charge < -0.3 is 5.11 Å². The molecule has 14 heavy (non-hydrogen) atoms. The predicted molar refractivity (Wildman–Crippen MR) is 50.8 cm³/mol. The Hall–Kier alpha value is -0.640. The Morgan fingerprint density at radius 2 is 2.07 bits per heavy atom. The molecular formula is C8H14N2O3S. The van der Waals surface area contributed by atoms with E-state index in [1.54, 1.807) is 6.07 Å². The van der Waals surface area contributed by atoms with Crippen molar-refractivity contribution in [3.8, 4) is 6.07 Å². The van der Waals surface area contributed by atoms with Gasteiger partial charge in [0.1, 0.15) is 0 Å². The second kappa shape index (κ2) is 4.73. The molecule has 0 heterocycles. The molecule has 6 heteroatoms. The zero-order valence-electron chi connectivity index (χ0n) is 7.81. The zero-order valence-corrected chi connectivity index (χ0v) is 8.63. The molecule has 0 bridgehead atoms. The minimum Gasteiger partial charge on any atom is -0.391 e. The summed E-state index contributed by atoms with van der Waals surface area (Å²) in [6.07, 6.45) is 2.50. The fourth-order valence-electron chi connectivity index (χ4n) is 1.61. The smallest absolute Gasteiger partial charge is 0.225 e. The van der Waals surface area contributed by atoms with Crippen molar-refractivity contribution in [3.05, 3.63) is 0 Å². The Balaban J connectivity index is 2.55. The lowest BCUT2D eigenvalue weighted by atomic mass is 9.93. The van der Waals surface area contributed by atoms with Gasteiger partial charge >= 0.3 is 0 Å². The van der Waals surface area contributed by atoms with Gasteiger partial charge in [0, 0.05) is 6.04 Å². The van der Waals surface area contributed by atoms with Crippen molar-refractivity contribution in [2.24, 2.45) is 0 Å². The molecule has 0 aromatic heterocycles. The van der Waals surface area contributed by atoms with Crippen LogP contribution >= 0.6 is 0 Å². The van der Waals surface area contributed by atoms with Crippen LogP contribution in [0.15, 0.2) is 0 Å². The first-order valence-corrected chi connectivity index (χ1v) is 6.25. The molecule has 1 fully saturated rings. The Labute approximate surface area is 83.8 Å². The van der Waals surface area contributed by atoms with Crippen molar-refractivity contribution >= 4 is 10.0 Å². The molecule has 1 aliphatic carbocycles. The molecule has 2 atom stereocenters. The fraction of sp³-hybridized carbons (Fsp3) is 0.875. The molecular weight excluding hydrogens is 204 g/mol. The standard InChI is InChI=1S/C8H14N2O3S/c9-5-6-14(12,13)10-7-3-1-2-4-8(7)11/h7-8,10-11H,1-4,6H2/t7-,8-/m1/s1. The van der Waals surface area contributed by atoms with Gasteiger partial charge in [-0.05, 0) is 12.8 Å². The maximum atomic E-state index is 11.2. The largest absolute Gasteiger partial charge is 0.391 e. The van der Waals surface area contributed by atoms with E-state index in [0.29, 0.717) is 12.8 Å². The number of aliphatic hydroxyl groups is 1. The summed E-state index contributed by atoms with van der Waals surface area (Å²) in [5.41, 5.74) is 0. The highest BCUT2D eigenvalue weighted by Crippen LogP contribution is 2.18. The summed E-state index contributed by atoms with van der Waals surface area (Å²) in [6, 6.07) is 1.17. The third-order valence-corrected chi connectivity index (χ3v) is 3.49. The number of hydrogen-bond acceptors (Lipinski definition) is 4. The summed E-state index contributed by atoms with van der Waals surface area (Å²) < 4.78 is 24.7. The SMILES string of the molecule is N#CCS(=O)(=O)N[C@@H]1CCCC[C@H]1O. The Morgan fingerprint density at radius 3 is 2.64 bits per heavy atom. The summed E-state index contributed by atoms with van der Waals surface area (Å²) in [5, 5.41) is 17.8. The van der Waals surface area contributed by atoms with E-state index in [1.165, 1.54) is 0 Å². The van der Waals surface area contributed by atoms with Crippen LogP contribution in [0.3, 0.4) is 0 Å². The van der Waals surface area contributed by atoms with Gasteiger partial charge in [0.25, 0.3) is 0 Å². The van der Waals surface area contributed by atoms with E-state index in [0.717, 1.165) is 12.8 Å². The van der Waals surface area contributed by atoms with Gasteiger partial charge in [-0.15, -0.1) is 0 Å². The highest BCUT2D eigenvalue weighted by atomic mass is 32.2. The van der Waals surface area contributed by atoms with Crippen LogP contribution in [0.1, 0.15) is 25.7 Å². The maximum Gasteiger partial charge on any atom is 0.225 e. The average Bonchev–Trinajstić information content (AvgIpc) is 2.08. The van der Waals surface area contributed by atoms with Crippen molar-refractivity contribution in [2.45, 2.75) is 37.8 Å². The third kappa shape index (κ3) is 3.25. The first-order valence-electron chi connectivity index (χ1n) is 4.60. The highest BCUT2D eigenvalue weighted by Gasteiger charge is 2.26. The number of sulfonamides is 1. The number of nitrogens with one attached hydrogen (secondary N) is 1. The van der Waals surface area contributed by atoms with Gasteiger partial charge in [-0.1, -0.05) is 12.8 Å². The number of rotatable bonds is 3. The summed E-state index contributed by atoms with van der Waals surface area (Å²) in [5.74, 6) is -0.545. The molecule has 1 rings (SSSR count). The minimum atomic E-state index is -3.54. The van der Waals surface area contributed by atoms with E-state index in [9.17, 15) is 13.5 Å². The fourth-order valence-corrected chi connectivity index (χ4v) is 2.60. The molecule has 0 aromatic rings. The molecule has 2 N–H and O–H groups in total. The molecule has 1 aliphatic rings. The molecule has 1 saturated carbocycles. The number of hydrogen-bond donors (Lipinski definition) is 2. The lowest BCUT2D eigenvalue weighted by Gasteiger charge is -2.27. The van der Waals surface area contributed by atoms with Gasteiger partial charge in [-0.3, -0.25) is 0 Å². The lowest BCUT2D eigenvalue weighted by Crippen LogP contribution is -2.45. The van der Waals surface area contributed by atoms with Crippen molar-refractivity contribution in [3.63, 3.8) is 0 Å². The van der Waals surface area contributed by atoms with Crippen LogP contribution in [0.25, 0.3) is 0 Å². The number of aliphatic hydroxyl groups excluding tert-OH is 1. The number of nitriles is 1. The maximum absolute atomic E-state index is 11.2. The zero-order chi connectivity index (χ0) is 10.6. The molecule has 0 radical (unpaired) electrons. The van der Waals surface area contributed by atoms with Crippen LogP contribution in [0.4, 0.5) is 0 Å². The molecule has 0 saturated heterocycles. The molecule has 5 nitrogen and oxygen atoms in total. The van der Waals surface area contributed by atoms with Gasteiger partial charge in [-0.2, -0.15) is 5.26 Å². The quantitative estimate of drug-likeness (QED) is 0.682. The highest BCUT2D eigenvalue weighted by molar-refractivity contribution is 7.89. The van der Waals surface area contributed by atoms with E-state index in [-0.39, 0.29) is 0 Å². The van der Waals surface area contributed by atoms with Crippen molar-refractivity contribution in [1.82, 2.24) is 4.72 Å². The van der Waals surface area contributed by atoms with E-state index >= 15 is 0 Å². The number of nitrogens with zero attached hydrogens (tertiary/aromatic N) is 1. The Kier molecular flexibility index (Phi) is 3.86. The van der Waals surface area contributed by atoms with Gasteiger partial charge in [-0.25, -0.2) is 13.1 Å². The van der Waals surface area contributed by atoms with Crippen LogP contribution in [-0.2, 0) is 10.0 Å². The third-order valence-electron chi connectivity index (χ3n) is 2.31. The van der Waals surface area contributed by atoms with Gasteiger partial charge in [0.15, 0.2) is 5.75 Å². The van der Waals surface area contributed by atoms with E-state index in [2.05, 4.69) is 4.72 Å². The van der Waals surface area contributed by atoms with E-state index < -0.39 is 27.9 Å². The molecule has 0 aromatic carbocycles. The molecule has 0 unspecified atom stereocenters. The normalized spacial score (nSPS) is 28.3. The first-order chi connectivity index (χ1) is 6.55. The summed E-state index contributed by atoms with van der Waals surface area (Å²) in [7, 11) is -3.54. The summed E-state index contributed by atoms with van der Waals surface area (Å²) >= 11 is 0. The molecule has 0 spiro atoms. The first kappa shape index (κ1) is 11.4. The van der Waals surface area contributed by atoms with Crippen LogP contribution in [-0.4, -0.2) is 31.4 Å².